The van der Waals surface area contributed by atoms with Crippen LogP contribution in [0.2, 0.25) is 0 Å². The average molecular weight is 495 g/mol. The summed E-state index contributed by atoms with van der Waals surface area (Å²) in [4.78, 5) is 30.3. The van der Waals surface area contributed by atoms with Gasteiger partial charge >= 0.3 is 12.1 Å². The fraction of sp³-hybridized carbons (Fsp3) is 0.476. The number of carbonyl (C=O) groups excluding carboxylic acids is 2. The number of imidazole rings is 1. The van der Waals surface area contributed by atoms with E-state index in [0.717, 1.165) is 0 Å². The van der Waals surface area contributed by atoms with Gasteiger partial charge in [-0.2, -0.15) is 5.10 Å². The van der Waals surface area contributed by atoms with Crippen LogP contribution in [0.3, 0.4) is 0 Å². The molecule has 1 aromatic carbocycles. The molecule has 31 heavy (non-hydrogen) atoms. The van der Waals surface area contributed by atoms with Crippen molar-refractivity contribution >= 4 is 44.7 Å². The summed E-state index contributed by atoms with van der Waals surface area (Å²) in [5, 5.41) is 4.46. The zero-order valence-electron chi connectivity index (χ0n) is 17.8. The first-order valence-electron chi connectivity index (χ1n) is 9.97. The van der Waals surface area contributed by atoms with Crippen LogP contribution in [0.25, 0.3) is 16.7 Å². The summed E-state index contributed by atoms with van der Waals surface area (Å²) in [6.07, 6.45) is 1.94. The number of aromatic nitrogens is 3. The molecule has 8 nitrogen and oxygen atoms in total. The topological polar surface area (TPSA) is 88.9 Å². The Balaban J connectivity index is 1.73. The molecule has 0 atom stereocenters. The third-order valence-corrected chi connectivity index (χ3v) is 6.23. The van der Waals surface area contributed by atoms with Crippen LogP contribution in [0, 0.1) is 5.82 Å². The first-order chi connectivity index (χ1) is 14.6. The van der Waals surface area contributed by atoms with Gasteiger partial charge in [0, 0.05) is 23.1 Å². The van der Waals surface area contributed by atoms with Crippen LogP contribution in [-0.2, 0) is 19.7 Å². The highest BCUT2D eigenvalue weighted by Gasteiger charge is 2.47. The Bertz CT molecular complexity index is 1170. The summed E-state index contributed by atoms with van der Waals surface area (Å²) in [5.41, 5.74) is 0.903. The molecule has 1 fully saturated rings. The van der Waals surface area contributed by atoms with E-state index in [2.05, 4.69) is 26.0 Å². The lowest BCUT2D eigenvalue weighted by Gasteiger charge is -2.39. The monoisotopic (exact) mass is 494 g/mol. The number of rotatable bonds is 2. The number of piperidine rings is 1. The van der Waals surface area contributed by atoms with Gasteiger partial charge in [-0.1, -0.05) is 0 Å². The lowest BCUT2D eigenvalue weighted by Crippen LogP contribution is -2.50. The highest BCUT2D eigenvalue weighted by molar-refractivity contribution is 9.10. The maximum atomic E-state index is 13.9. The van der Waals surface area contributed by atoms with Gasteiger partial charge in [0.05, 0.1) is 18.8 Å². The molecule has 0 spiro atoms. The molecule has 1 saturated heterocycles. The number of H-pyrrole nitrogens is 1. The minimum Gasteiger partial charge on any atom is -0.468 e. The summed E-state index contributed by atoms with van der Waals surface area (Å²) < 4.78 is 26.7. The molecule has 3 heterocycles. The van der Waals surface area contributed by atoms with Crippen LogP contribution >= 0.6 is 15.9 Å². The van der Waals surface area contributed by atoms with Gasteiger partial charge < -0.3 is 19.4 Å². The van der Waals surface area contributed by atoms with Gasteiger partial charge in [0.25, 0.3) is 0 Å². The number of aromatic amines is 1. The van der Waals surface area contributed by atoms with Crippen molar-refractivity contribution in [2.75, 3.05) is 20.2 Å². The molecule has 1 aliphatic rings. The van der Waals surface area contributed by atoms with Gasteiger partial charge in [-0.25, -0.2) is 13.7 Å². The number of esters is 1. The second-order valence-electron chi connectivity index (χ2n) is 8.77. The number of halogens is 2. The molecule has 0 bridgehead atoms. The number of nitrogens with one attached hydrogen (secondary N) is 1. The van der Waals surface area contributed by atoms with Crippen molar-refractivity contribution in [3.63, 3.8) is 0 Å². The zero-order chi connectivity index (χ0) is 22.6. The lowest BCUT2D eigenvalue weighted by molar-refractivity contribution is -0.149. The van der Waals surface area contributed by atoms with Crippen LogP contribution in [-0.4, -0.2) is 57.4 Å². The largest absolute Gasteiger partial charge is 0.468 e. The predicted octanol–water partition coefficient (Wildman–Crippen LogP) is 4.16. The second-order valence-corrected chi connectivity index (χ2v) is 9.62. The molecule has 1 N–H and O–H groups in total. The summed E-state index contributed by atoms with van der Waals surface area (Å²) in [6.45, 7) is 6.11. The Hall–Kier alpha value is -2.62. The summed E-state index contributed by atoms with van der Waals surface area (Å²) in [5.74, 6) is -0.783. The highest BCUT2D eigenvalue weighted by Crippen LogP contribution is 2.40. The van der Waals surface area contributed by atoms with Crippen molar-refractivity contribution in [1.82, 2.24) is 19.5 Å². The number of fused-ring (bicyclic) bond motifs is 3. The van der Waals surface area contributed by atoms with Crippen molar-refractivity contribution in [2.24, 2.45) is 0 Å². The Labute approximate surface area is 186 Å². The van der Waals surface area contributed by atoms with E-state index >= 15 is 0 Å². The maximum Gasteiger partial charge on any atom is 0.410 e. The zero-order valence-corrected chi connectivity index (χ0v) is 19.4. The van der Waals surface area contributed by atoms with E-state index in [4.69, 9.17) is 9.47 Å². The minimum atomic E-state index is -0.985. The fourth-order valence-electron chi connectivity index (χ4n) is 4.17. The summed E-state index contributed by atoms with van der Waals surface area (Å²) in [7, 11) is 1.35. The van der Waals surface area contributed by atoms with Crippen molar-refractivity contribution in [3.8, 4) is 0 Å². The van der Waals surface area contributed by atoms with Crippen LogP contribution < -0.4 is 0 Å². The minimum absolute atomic E-state index is 0.333. The highest BCUT2D eigenvalue weighted by atomic mass is 79.9. The number of benzene rings is 1. The van der Waals surface area contributed by atoms with E-state index in [0.29, 0.717) is 52.6 Å². The van der Waals surface area contributed by atoms with Crippen molar-refractivity contribution < 1.29 is 23.5 Å². The normalized spacial score (nSPS) is 16.6. The predicted molar refractivity (Wildman–Crippen MR) is 115 cm³/mol. The van der Waals surface area contributed by atoms with Gasteiger partial charge in [0.1, 0.15) is 28.0 Å². The Kier molecular flexibility index (Phi) is 5.23. The second kappa shape index (κ2) is 7.51. The number of carbonyl (C=O) groups is 2. The van der Waals surface area contributed by atoms with Crippen LogP contribution in [0.5, 0.6) is 0 Å². The molecule has 1 aliphatic heterocycles. The third kappa shape index (κ3) is 3.66. The van der Waals surface area contributed by atoms with Gasteiger partial charge in [0.2, 0.25) is 0 Å². The SMILES string of the molecule is COC(=O)C1(c2cnn3c2[nH]c2cc(F)cc(Br)c23)CCN(C(=O)OC(C)(C)C)CC1. The average Bonchev–Trinajstić information content (AvgIpc) is 3.24. The van der Waals surface area contributed by atoms with E-state index in [9.17, 15) is 14.0 Å². The van der Waals surface area contributed by atoms with Crippen LogP contribution in [0.4, 0.5) is 9.18 Å². The Morgan fingerprint density at radius 2 is 1.94 bits per heavy atom. The van der Waals surface area contributed by atoms with E-state index in [1.807, 2.05) is 20.8 Å². The van der Waals surface area contributed by atoms with Gasteiger partial charge in [-0.3, -0.25) is 4.79 Å². The third-order valence-electron chi connectivity index (χ3n) is 5.62. The molecule has 166 valence electrons. The molecular weight excluding hydrogens is 471 g/mol. The Morgan fingerprint density at radius 1 is 1.26 bits per heavy atom. The Morgan fingerprint density at radius 3 is 2.55 bits per heavy atom. The number of hydrogen-bond donors (Lipinski definition) is 1. The first kappa shape index (κ1) is 21.6. The van der Waals surface area contributed by atoms with Crippen molar-refractivity contribution in [2.45, 2.75) is 44.6 Å². The standard InChI is InChI=1S/C21H24BrFN4O4/c1-20(2,3)31-19(29)26-7-5-21(6-8-26,18(28)30-4)13-11-24-27-16-14(22)9-12(23)10-15(16)25-17(13)27/h9-11,25H,5-8H2,1-4H3. The maximum absolute atomic E-state index is 13.9. The number of likely N-dealkylation sites (tertiary alicyclic amines) is 1. The van der Waals surface area contributed by atoms with Gasteiger partial charge in [-0.15, -0.1) is 0 Å². The fourth-order valence-corrected chi connectivity index (χ4v) is 4.77. The molecule has 10 heteroatoms. The quantitative estimate of drug-likeness (QED) is 0.540. The molecule has 2 aromatic heterocycles. The molecule has 1 amide bonds. The lowest BCUT2D eigenvalue weighted by atomic mass is 9.73. The molecule has 0 unspecified atom stereocenters. The van der Waals surface area contributed by atoms with Crippen LogP contribution in [0.1, 0.15) is 39.2 Å². The van der Waals surface area contributed by atoms with Crippen molar-refractivity contribution in [1.29, 1.82) is 0 Å². The molecule has 4 rings (SSSR count). The first-order valence-corrected chi connectivity index (χ1v) is 10.8. The van der Waals surface area contributed by atoms with E-state index in [1.54, 1.807) is 15.6 Å². The van der Waals surface area contributed by atoms with Gasteiger partial charge in [0.15, 0.2) is 0 Å². The van der Waals surface area contributed by atoms with Gasteiger partial charge in [-0.05, 0) is 61.7 Å². The molecular formula is C21H24BrFN4O4. The number of amides is 1. The number of nitrogens with zero attached hydrogens (tertiary/aromatic N) is 3. The number of methoxy groups -OCH3 is 1. The summed E-state index contributed by atoms with van der Waals surface area (Å²) in [6, 6.07) is 2.75. The molecule has 0 radical (unpaired) electrons. The van der Waals surface area contributed by atoms with E-state index in [1.165, 1.54) is 19.2 Å². The number of hydrogen-bond acceptors (Lipinski definition) is 5. The van der Waals surface area contributed by atoms with E-state index < -0.39 is 28.9 Å². The summed E-state index contributed by atoms with van der Waals surface area (Å²) >= 11 is 3.39. The molecule has 0 aliphatic carbocycles. The number of ether oxygens (including phenoxy) is 2. The molecule has 0 saturated carbocycles. The van der Waals surface area contributed by atoms with Crippen LogP contribution in [0.15, 0.2) is 22.8 Å². The van der Waals surface area contributed by atoms with Crippen molar-refractivity contribution in [3.05, 3.63) is 34.2 Å². The van der Waals surface area contributed by atoms with E-state index in [-0.39, 0.29) is 0 Å². The molecule has 3 aromatic rings. The smallest absolute Gasteiger partial charge is 0.410 e.